The molecule has 1 atom stereocenters. The molecule has 0 fully saturated rings. The average Bonchev–Trinajstić information content (AvgIpc) is 3.32. The number of anilines is 1. The van der Waals surface area contributed by atoms with Crippen molar-refractivity contribution in [3.05, 3.63) is 77.0 Å². The van der Waals surface area contributed by atoms with Gasteiger partial charge in [0.1, 0.15) is 6.61 Å². The molecule has 132 valence electrons. The highest BCUT2D eigenvalue weighted by atomic mass is 16.7. The molecule has 3 heterocycles. The average molecular weight is 357 g/mol. The van der Waals surface area contributed by atoms with Gasteiger partial charge in [-0.1, -0.05) is 36.4 Å². The van der Waals surface area contributed by atoms with E-state index in [9.17, 15) is 4.79 Å². The van der Waals surface area contributed by atoms with Gasteiger partial charge in [0.2, 0.25) is 6.79 Å². The van der Waals surface area contributed by atoms with Crippen LogP contribution in [0.3, 0.4) is 0 Å². The summed E-state index contributed by atoms with van der Waals surface area (Å²) in [5.74, 6) is 0.959. The van der Waals surface area contributed by atoms with E-state index in [4.69, 9.17) is 14.2 Å². The van der Waals surface area contributed by atoms with Crippen molar-refractivity contribution in [2.24, 2.45) is 0 Å². The zero-order chi connectivity index (χ0) is 18.0. The highest BCUT2D eigenvalue weighted by molar-refractivity contribution is 6.01. The molecule has 3 aliphatic heterocycles. The van der Waals surface area contributed by atoms with Crippen molar-refractivity contribution in [2.45, 2.75) is 5.92 Å². The van der Waals surface area contributed by atoms with E-state index in [1.54, 1.807) is 0 Å². The van der Waals surface area contributed by atoms with E-state index >= 15 is 0 Å². The Balaban J connectivity index is 1.65. The first kappa shape index (κ1) is 14.7. The van der Waals surface area contributed by atoms with Gasteiger partial charge in [-0.15, -0.1) is 0 Å². The van der Waals surface area contributed by atoms with Crippen LogP contribution in [0, 0.1) is 0 Å². The fraction of sp³-hybridized carbons (Fsp3) is 0.136. The Labute approximate surface area is 155 Å². The highest BCUT2D eigenvalue weighted by Gasteiger charge is 2.39. The number of ether oxygens (including phenoxy) is 3. The van der Waals surface area contributed by atoms with E-state index in [2.05, 4.69) is 29.6 Å². The topological polar surface area (TPSA) is 56.8 Å². The maximum Gasteiger partial charge on any atom is 0.337 e. The maximum absolute atomic E-state index is 12.6. The highest BCUT2D eigenvalue weighted by Crippen LogP contribution is 2.48. The van der Waals surface area contributed by atoms with Crippen molar-refractivity contribution < 1.29 is 19.0 Å². The molecule has 0 aliphatic carbocycles. The van der Waals surface area contributed by atoms with Gasteiger partial charge in [-0.3, -0.25) is 0 Å². The van der Waals surface area contributed by atoms with Crippen LogP contribution in [0.5, 0.6) is 11.5 Å². The Kier molecular flexibility index (Phi) is 2.86. The lowest BCUT2D eigenvalue weighted by molar-refractivity contribution is -0.136. The van der Waals surface area contributed by atoms with Gasteiger partial charge in [0.05, 0.1) is 11.3 Å². The zero-order valence-electron chi connectivity index (χ0n) is 14.3. The summed E-state index contributed by atoms with van der Waals surface area (Å²) in [5, 5.41) is 5.67. The van der Waals surface area contributed by atoms with Crippen molar-refractivity contribution in [1.29, 1.82) is 0 Å². The monoisotopic (exact) mass is 357 g/mol. The second-order valence-electron chi connectivity index (χ2n) is 6.89. The molecule has 1 N–H and O–H groups in total. The number of benzene rings is 3. The molecule has 0 spiro atoms. The van der Waals surface area contributed by atoms with Crippen LogP contribution in [0.15, 0.2) is 65.9 Å². The molecule has 0 saturated carbocycles. The summed E-state index contributed by atoms with van der Waals surface area (Å²) >= 11 is 0. The molecule has 0 amide bonds. The van der Waals surface area contributed by atoms with Crippen molar-refractivity contribution >= 4 is 22.4 Å². The molecular weight excluding hydrogens is 342 g/mol. The van der Waals surface area contributed by atoms with E-state index in [1.807, 2.05) is 30.3 Å². The SMILES string of the molecule is O=C1OCC2=C1C(c1ccc3c(c1)OCO3)c1c(ccc3ccccc13)N2. The van der Waals surface area contributed by atoms with Gasteiger partial charge >= 0.3 is 5.97 Å². The van der Waals surface area contributed by atoms with E-state index in [0.717, 1.165) is 39.0 Å². The fourth-order valence-corrected chi connectivity index (χ4v) is 4.26. The van der Waals surface area contributed by atoms with E-state index < -0.39 is 0 Å². The first-order valence-corrected chi connectivity index (χ1v) is 8.88. The number of hydrogen-bond donors (Lipinski definition) is 1. The predicted molar refractivity (Wildman–Crippen MR) is 100.0 cm³/mol. The summed E-state index contributed by atoms with van der Waals surface area (Å²) in [6.07, 6.45) is 0. The summed E-state index contributed by atoms with van der Waals surface area (Å²) in [4.78, 5) is 12.6. The lowest BCUT2D eigenvalue weighted by atomic mass is 9.79. The Bertz CT molecular complexity index is 1160. The van der Waals surface area contributed by atoms with Crippen LogP contribution >= 0.6 is 0 Å². The largest absolute Gasteiger partial charge is 0.456 e. The van der Waals surface area contributed by atoms with Crippen LogP contribution in [0.25, 0.3) is 10.8 Å². The van der Waals surface area contributed by atoms with Gasteiger partial charge in [-0.2, -0.15) is 0 Å². The van der Waals surface area contributed by atoms with Crippen LogP contribution in [-0.4, -0.2) is 19.4 Å². The standard InChI is InChI=1S/C22H15NO4/c24-22-21-16(10-25-22)23-15-7-5-12-3-1-2-4-14(12)20(15)19(21)13-6-8-17-18(9-13)27-11-26-17/h1-9,19,23H,10-11H2. The minimum Gasteiger partial charge on any atom is -0.456 e. The minimum atomic E-state index is -0.265. The van der Waals surface area contributed by atoms with Crippen LogP contribution in [-0.2, 0) is 9.53 Å². The van der Waals surface area contributed by atoms with Gasteiger partial charge < -0.3 is 19.5 Å². The number of carbonyl (C=O) groups is 1. The summed E-state index contributed by atoms with van der Waals surface area (Å²) in [6.45, 7) is 0.502. The molecule has 3 aliphatic rings. The molecule has 3 aromatic rings. The predicted octanol–water partition coefficient (Wildman–Crippen LogP) is 3.94. The molecule has 0 aromatic heterocycles. The lowest BCUT2D eigenvalue weighted by Crippen LogP contribution is -2.20. The molecule has 27 heavy (non-hydrogen) atoms. The van der Waals surface area contributed by atoms with Crippen LogP contribution < -0.4 is 14.8 Å². The first-order chi connectivity index (χ1) is 13.3. The third-order valence-corrected chi connectivity index (χ3v) is 5.46. The molecule has 5 nitrogen and oxygen atoms in total. The van der Waals surface area contributed by atoms with Crippen molar-refractivity contribution in [3.8, 4) is 11.5 Å². The Morgan fingerprint density at radius 2 is 1.81 bits per heavy atom. The lowest BCUT2D eigenvalue weighted by Gasteiger charge is -2.28. The molecule has 1 unspecified atom stereocenters. The molecule has 0 saturated heterocycles. The second kappa shape index (κ2) is 5.27. The maximum atomic E-state index is 12.6. The molecule has 3 aromatic carbocycles. The number of fused-ring (bicyclic) bond motifs is 4. The van der Waals surface area contributed by atoms with Crippen LogP contribution in [0.4, 0.5) is 5.69 Å². The number of rotatable bonds is 1. The zero-order valence-corrected chi connectivity index (χ0v) is 14.3. The second-order valence-corrected chi connectivity index (χ2v) is 6.89. The quantitative estimate of drug-likeness (QED) is 0.669. The number of carbonyl (C=O) groups excluding carboxylic acids is 1. The fourth-order valence-electron chi connectivity index (χ4n) is 4.26. The third kappa shape index (κ3) is 2.02. The number of nitrogens with one attached hydrogen (secondary N) is 1. The van der Waals surface area contributed by atoms with E-state index in [0.29, 0.717) is 11.3 Å². The molecular formula is C22H15NO4. The van der Waals surface area contributed by atoms with E-state index in [-0.39, 0.29) is 25.3 Å². The molecule has 5 heteroatoms. The third-order valence-electron chi connectivity index (χ3n) is 5.46. The number of esters is 1. The van der Waals surface area contributed by atoms with Gasteiger partial charge in [-0.25, -0.2) is 4.79 Å². The molecule has 0 radical (unpaired) electrons. The Morgan fingerprint density at radius 1 is 0.926 bits per heavy atom. The number of hydrogen-bond acceptors (Lipinski definition) is 5. The Morgan fingerprint density at radius 3 is 2.78 bits per heavy atom. The summed E-state index contributed by atoms with van der Waals surface area (Å²) in [5.41, 5.74) is 4.60. The molecule has 0 bridgehead atoms. The summed E-state index contributed by atoms with van der Waals surface area (Å²) in [7, 11) is 0. The van der Waals surface area contributed by atoms with Crippen LogP contribution in [0.1, 0.15) is 17.0 Å². The summed E-state index contributed by atoms with van der Waals surface area (Å²) < 4.78 is 16.4. The van der Waals surface area contributed by atoms with Crippen molar-refractivity contribution in [3.63, 3.8) is 0 Å². The normalized spacial score (nSPS) is 19.6. The van der Waals surface area contributed by atoms with Gasteiger partial charge in [0, 0.05) is 11.6 Å². The number of cyclic esters (lactones) is 1. The molecule has 6 rings (SSSR count). The smallest absolute Gasteiger partial charge is 0.337 e. The van der Waals surface area contributed by atoms with Crippen molar-refractivity contribution in [2.75, 3.05) is 18.7 Å². The van der Waals surface area contributed by atoms with E-state index in [1.165, 1.54) is 0 Å². The van der Waals surface area contributed by atoms with Gasteiger partial charge in [0.15, 0.2) is 11.5 Å². The minimum absolute atomic E-state index is 0.216. The summed E-state index contributed by atoms with van der Waals surface area (Å²) in [6, 6.07) is 18.3. The van der Waals surface area contributed by atoms with Crippen molar-refractivity contribution in [1.82, 2.24) is 0 Å². The van der Waals surface area contributed by atoms with Gasteiger partial charge in [-0.05, 0) is 40.1 Å². The first-order valence-electron chi connectivity index (χ1n) is 8.88. The van der Waals surface area contributed by atoms with Crippen LogP contribution in [0.2, 0.25) is 0 Å². The Hall–Kier alpha value is -3.47. The van der Waals surface area contributed by atoms with Gasteiger partial charge in [0.25, 0.3) is 0 Å².